The Morgan fingerprint density at radius 1 is 1.14 bits per heavy atom. The number of carbonyl (C=O) groups excluding carboxylic acids is 2. The average Bonchev–Trinajstić information content (AvgIpc) is 3.28. The van der Waals surface area contributed by atoms with Crippen molar-refractivity contribution >= 4 is 29.6 Å². The SMILES string of the molecule is CCCCC(CC)CC(CSc1cnc(N2CCC3(CC2)Cc2ccccc2[C@H]3NC(=O)OC(C)(C)C)cn1)C(=O)OC. The summed E-state index contributed by atoms with van der Waals surface area (Å²) in [7, 11) is 1.48. The summed E-state index contributed by atoms with van der Waals surface area (Å²) in [6, 6.07) is 8.37. The molecule has 2 aromatic rings. The quantitative estimate of drug-likeness (QED) is 0.197. The van der Waals surface area contributed by atoms with Crippen LogP contribution in [0.25, 0.3) is 0 Å². The number of methoxy groups -OCH3 is 1. The van der Waals surface area contributed by atoms with Crippen molar-refractivity contribution in [3.63, 3.8) is 0 Å². The molecule has 1 aliphatic carbocycles. The third-order valence-electron chi connectivity index (χ3n) is 9.01. The fourth-order valence-electron chi connectivity index (χ4n) is 6.61. The highest BCUT2D eigenvalue weighted by Gasteiger charge is 2.48. The predicted molar refractivity (Wildman–Crippen MR) is 172 cm³/mol. The van der Waals surface area contributed by atoms with Crippen LogP contribution in [-0.2, 0) is 20.7 Å². The van der Waals surface area contributed by atoms with E-state index in [1.165, 1.54) is 31.1 Å². The van der Waals surface area contributed by atoms with Crippen molar-refractivity contribution in [3.8, 4) is 0 Å². The number of rotatable bonds is 12. The smallest absolute Gasteiger partial charge is 0.408 e. The van der Waals surface area contributed by atoms with E-state index in [1.807, 2.05) is 39.2 Å². The summed E-state index contributed by atoms with van der Waals surface area (Å²) in [6.07, 6.45) is 11.6. The van der Waals surface area contributed by atoms with Crippen LogP contribution in [0.2, 0.25) is 0 Å². The molecule has 3 atom stereocenters. The number of aromatic nitrogens is 2. The topological polar surface area (TPSA) is 93.7 Å². The number of fused-ring (bicyclic) bond motifs is 1. The first-order valence-electron chi connectivity index (χ1n) is 15.9. The zero-order valence-corrected chi connectivity index (χ0v) is 27.7. The molecule has 0 saturated carbocycles. The predicted octanol–water partition coefficient (Wildman–Crippen LogP) is 7.37. The van der Waals surface area contributed by atoms with Crippen LogP contribution < -0.4 is 10.2 Å². The van der Waals surface area contributed by atoms with Crippen LogP contribution in [0.15, 0.2) is 41.7 Å². The van der Waals surface area contributed by atoms with Gasteiger partial charge in [-0.15, -0.1) is 11.8 Å². The Labute approximate surface area is 262 Å². The normalized spacial score (nSPS) is 19.0. The number of nitrogens with zero attached hydrogens (tertiary/aromatic N) is 3. The van der Waals surface area contributed by atoms with Crippen molar-refractivity contribution in [2.24, 2.45) is 17.3 Å². The van der Waals surface area contributed by atoms with Crippen molar-refractivity contribution < 1.29 is 19.1 Å². The number of alkyl carbamates (subject to hydrolysis) is 1. The summed E-state index contributed by atoms with van der Waals surface area (Å²) in [5, 5.41) is 4.05. The number of ether oxygens (including phenoxy) is 2. The summed E-state index contributed by atoms with van der Waals surface area (Å²) in [6.45, 7) is 11.8. The van der Waals surface area contributed by atoms with Crippen LogP contribution >= 0.6 is 11.8 Å². The highest BCUT2D eigenvalue weighted by molar-refractivity contribution is 7.99. The monoisotopic (exact) mass is 610 g/mol. The Balaban J connectivity index is 1.37. The van der Waals surface area contributed by atoms with E-state index >= 15 is 0 Å². The van der Waals surface area contributed by atoms with Crippen LogP contribution in [-0.4, -0.2) is 53.6 Å². The van der Waals surface area contributed by atoms with Gasteiger partial charge in [-0.1, -0.05) is 63.8 Å². The first-order valence-corrected chi connectivity index (χ1v) is 16.9. The number of anilines is 1. The number of piperidine rings is 1. The molecule has 9 heteroatoms. The first-order chi connectivity index (χ1) is 20.6. The third-order valence-corrected chi connectivity index (χ3v) is 10.1. The van der Waals surface area contributed by atoms with Gasteiger partial charge in [0.05, 0.1) is 31.5 Å². The molecule has 1 aromatic heterocycles. The van der Waals surface area contributed by atoms with Crippen molar-refractivity contribution in [2.75, 3.05) is 30.9 Å². The number of esters is 1. The molecule has 2 aliphatic rings. The second kappa shape index (κ2) is 14.8. The van der Waals surface area contributed by atoms with E-state index < -0.39 is 5.60 Å². The molecule has 1 aliphatic heterocycles. The summed E-state index contributed by atoms with van der Waals surface area (Å²) in [5.41, 5.74) is 1.90. The van der Waals surface area contributed by atoms with Crippen LogP contribution in [0, 0.1) is 17.3 Å². The largest absolute Gasteiger partial charge is 0.469 e. The molecule has 1 amide bonds. The van der Waals surface area contributed by atoms with E-state index in [1.54, 1.807) is 11.8 Å². The highest BCUT2D eigenvalue weighted by atomic mass is 32.2. The molecule has 2 heterocycles. The number of carbonyl (C=O) groups is 2. The number of nitrogens with one attached hydrogen (secondary N) is 1. The molecular formula is C34H50N4O4S. The standard InChI is InChI=1S/C34H50N4O4S/c1-7-9-12-24(8-2)19-26(31(39)41-6)23-43-29-22-35-28(21-36-29)38-17-15-34(16-18-38)20-25-13-10-11-14-27(25)30(34)37-32(40)42-33(3,4)5/h10-11,13-14,21-22,24,26,30H,7-9,12,15-20,23H2,1-6H3,(H,37,40)/t24?,26?,30-/m1/s1. The molecule has 1 spiro atoms. The molecule has 1 N–H and O–H groups in total. The summed E-state index contributed by atoms with van der Waals surface area (Å²) >= 11 is 1.58. The lowest BCUT2D eigenvalue weighted by atomic mass is 9.72. The fraction of sp³-hybridized carbons (Fsp3) is 0.647. The van der Waals surface area contributed by atoms with Crippen LogP contribution in [0.3, 0.4) is 0 Å². The number of unbranched alkanes of at least 4 members (excludes halogenated alkanes) is 1. The van der Waals surface area contributed by atoms with Gasteiger partial charge in [0.1, 0.15) is 16.4 Å². The van der Waals surface area contributed by atoms with Crippen molar-refractivity contribution in [1.29, 1.82) is 0 Å². The van der Waals surface area contributed by atoms with E-state index in [9.17, 15) is 9.59 Å². The van der Waals surface area contributed by atoms with E-state index in [-0.39, 0.29) is 29.4 Å². The molecule has 43 heavy (non-hydrogen) atoms. The minimum Gasteiger partial charge on any atom is -0.469 e. The lowest BCUT2D eigenvalue weighted by Crippen LogP contribution is -2.47. The molecule has 8 nitrogen and oxygen atoms in total. The molecule has 0 bridgehead atoms. The Bertz CT molecular complexity index is 1210. The molecule has 0 radical (unpaired) electrons. The second-order valence-corrected chi connectivity index (χ2v) is 14.2. The summed E-state index contributed by atoms with van der Waals surface area (Å²) < 4.78 is 10.8. The zero-order valence-electron chi connectivity index (χ0n) is 26.9. The van der Waals surface area contributed by atoms with Crippen LogP contribution in [0.1, 0.15) is 96.7 Å². The van der Waals surface area contributed by atoms with E-state index in [0.717, 1.165) is 62.5 Å². The van der Waals surface area contributed by atoms with Crippen LogP contribution in [0.5, 0.6) is 0 Å². The van der Waals surface area contributed by atoms with E-state index in [0.29, 0.717) is 11.7 Å². The van der Waals surface area contributed by atoms with Gasteiger partial charge in [0.25, 0.3) is 0 Å². The highest BCUT2D eigenvalue weighted by Crippen LogP contribution is 2.52. The van der Waals surface area contributed by atoms with Crippen molar-refractivity contribution in [3.05, 3.63) is 47.8 Å². The maximum absolute atomic E-state index is 12.8. The summed E-state index contributed by atoms with van der Waals surface area (Å²) in [4.78, 5) is 37.1. The van der Waals surface area contributed by atoms with E-state index in [4.69, 9.17) is 19.4 Å². The van der Waals surface area contributed by atoms with E-state index in [2.05, 4.69) is 42.3 Å². The van der Waals surface area contributed by atoms with Gasteiger partial charge in [-0.3, -0.25) is 4.79 Å². The Morgan fingerprint density at radius 2 is 1.88 bits per heavy atom. The second-order valence-electron chi connectivity index (χ2n) is 13.2. The molecule has 1 saturated heterocycles. The zero-order chi connectivity index (χ0) is 31.0. The van der Waals surface area contributed by atoms with Crippen molar-refractivity contribution in [2.45, 2.75) is 103 Å². The van der Waals surface area contributed by atoms with Gasteiger partial charge in [-0.2, -0.15) is 0 Å². The summed E-state index contributed by atoms with van der Waals surface area (Å²) in [5.74, 6) is 1.76. The fourth-order valence-corrected chi connectivity index (χ4v) is 7.51. The first kappa shape index (κ1) is 33.1. The lowest BCUT2D eigenvalue weighted by molar-refractivity contribution is -0.145. The maximum atomic E-state index is 12.8. The number of amides is 1. The average molecular weight is 611 g/mol. The molecule has 4 rings (SSSR count). The minimum atomic E-state index is -0.547. The van der Waals surface area contributed by atoms with Gasteiger partial charge in [0, 0.05) is 24.3 Å². The molecule has 236 valence electrons. The maximum Gasteiger partial charge on any atom is 0.408 e. The molecule has 1 aromatic carbocycles. The number of thioether (sulfide) groups is 1. The molecule has 1 fully saturated rings. The number of benzene rings is 1. The number of hydrogen-bond acceptors (Lipinski definition) is 8. The van der Waals surface area contributed by atoms with Gasteiger partial charge in [-0.25, -0.2) is 14.8 Å². The Kier molecular flexibility index (Phi) is 11.4. The lowest BCUT2D eigenvalue weighted by Gasteiger charge is -2.43. The molecular weight excluding hydrogens is 560 g/mol. The van der Waals surface area contributed by atoms with Gasteiger partial charge >= 0.3 is 12.1 Å². The number of hydrogen-bond donors (Lipinski definition) is 1. The Morgan fingerprint density at radius 3 is 2.51 bits per heavy atom. The van der Waals surface area contributed by atoms with Gasteiger partial charge in [0.2, 0.25) is 0 Å². The van der Waals surface area contributed by atoms with Gasteiger partial charge < -0.3 is 19.7 Å². The van der Waals surface area contributed by atoms with Crippen molar-refractivity contribution in [1.82, 2.24) is 15.3 Å². The molecule has 2 unspecified atom stereocenters. The third kappa shape index (κ3) is 8.64. The van der Waals surface area contributed by atoms with Gasteiger partial charge in [-0.05, 0) is 63.5 Å². The van der Waals surface area contributed by atoms with Gasteiger partial charge in [0.15, 0.2) is 0 Å². The Hall–Kier alpha value is -2.81. The minimum absolute atomic E-state index is 0.0588. The van der Waals surface area contributed by atoms with Crippen LogP contribution in [0.4, 0.5) is 10.6 Å².